The fourth-order valence-electron chi connectivity index (χ4n) is 3.05. The number of carboxylic acids is 1. The Balaban J connectivity index is 1.82. The number of fused-ring (bicyclic) bond motifs is 2. The normalized spacial score (nSPS) is 33.3. The summed E-state index contributed by atoms with van der Waals surface area (Å²) in [5, 5.41) is 9.08. The summed E-state index contributed by atoms with van der Waals surface area (Å²) in [6, 6.07) is 0. The number of carbonyl (C=O) groups excluding carboxylic acids is 1. The van der Waals surface area contributed by atoms with Gasteiger partial charge in [0.05, 0.1) is 6.42 Å². The molecule has 4 atom stereocenters. The summed E-state index contributed by atoms with van der Waals surface area (Å²) in [5.41, 5.74) is 0. The van der Waals surface area contributed by atoms with Crippen LogP contribution < -0.4 is 0 Å². The monoisotopic (exact) mass is 270 g/mol. The first kappa shape index (κ1) is 13.5. The van der Waals surface area contributed by atoms with Gasteiger partial charge < -0.3 is 9.84 Å². The summed E-state index contributed by atoms with van der Waals surface area (Å²) in [6.45, 7) is 3.41. The summed E-state index contributed by atoms with van der Waals surface area (Å²) in [5.74, 6) is 0.588. The van der Waals surface area contributed by atoms with Crippen molar-refractivity contribution in [3.8, 4) is 0 Å². The summed E-state index contributed by atoms with van der Waals surface area (Å²) in [6.07, 6.45) is 4.63. The van der Waals surface area contributed by atoms with Crippen LogP contribution in [0.4, 0.5) is 0 Å². The molecule has 100 valence electrons. The average Bonchev–Trinajstić information content (AvgIpc) is 2.87. The summed E-state index contributed by atoms with van der Waals surface area (Å²) < 4.78 is 5.37. The van der Waals surface area contributed by atoms with E-state index < -0.39 is 5.97 Å². The maximum absolute atomic E-state index is 11.2. The number of aliphatic carboxylic acids is 1. The average molecular weight is 270 g/mol. The Morgan fingerprint density at radius 3 is 2.78 bits per heavy atom. The number of esters is 1. The van der Waals surface area contributed by atoms with Crippen LogP contribution in [0, 0.1) is 11.8 Å². The van der Waals surface area contributed by atoms with Crippen molar-refractivity contribution in [3.05, 3.63) is 12.7 Å². The van der Waals surface area contributed by atoms with Gasteiger partial charge in [0.25, 0.3) is 0 Å². The van der Waals surface area contributed by atoms with Crippen LogP contribution >= 0.6 is 11.8 Å². The first-order chi connectivity index (χ1) is 8.60. The number of thioether (sulfide) groups is 1. The molecule has 5 heteroatoms. The maximum Gasteiger partial charge on any atom is 0.330 e. The van der Waals surface area contributed by atoms with E-state index in [1.807, 2.05) is 0 Å². The zero-order valence-electron chi connectivity index (χ0n) is 10.2. The number of ether oxygens (including phenoxy) is 1. The Bertz CT molecular complexity index is 355. The van der Waals surface area contributed by atoms with Crippen molar-refractivity contribution in [2.75, 3.05) is 5.75 Å². The van der Waals surface area contributed by atoms with Crippen LogP contribution in [0.15, 0.2) is 12.7 Å². The third kappa shape index (κ3) is 3.07. The van der Waals surface area contributed by atoms with Crippen LogP contribution in [0.3, 0.4) is 0 Å². The first-order valence-electron chi connectivity index (χ1n) is 6.26. The lowest BCUT2D eigenvalue weighted by Crippen LogP contribution is -2.30. The van der Waals surface area contributed by atoms with Crippen LogP contribution in [0.25, 0.3) is 0 Å². The molecule has 18 heavy (non-hydrogen) atoms. The van der Waals surface area contributed by atoms with Crippen LogP contribution in [-0.2, 0) is 14.3 Å². The van der Waals surface area contributed by atoms with E-state index in [0.717, 1.165) is 19.3 Å². The lowest BCUT2D eigenvalue weighted by Gasteiger charge is -2.28. The second-order valence-electron chi connectivity index (χ2n) is 4.97. The predicted molar refractivity (Wildman–Crippen MR) is 69.4 cm³/mol. The summed E-state index contributed by atoms with van der Waals surface area (Å²) in [7, 11) is 0. The molecule has 0 saturated heterocycles. The number of carbonyl (C=O) groups is 2. The second-order valence-corrected chi connectivity index (χ2v) is 6.32. The number of carboxylic acid groups (broad SMARTS) is 1. The van der Waals surface area contributed by atoms with Gasteiger partial charge in [0, 0.05) is 23.0 Å². The fourth-order valence-corrected chi connectivity index (χ4v) is 4.58. The van der Waals surface area contributed by atoms with Gasteiger partial charge in [0.2, 0.25) is 0 Å². The number of hydrogen-bond donors (Lipinski definition) is 1. The third-order valence-corrected chi connectivity index (χ3v) is 5.18. The standard InChI is InChI=1S/C13H18O4S/c1-2-13(16)17-10-6-8-5-9(10)11(7-8)18-4-3-12(14)15/h2,8-11H,1,3-7H2,(H,14,15). The Morgan fingerprint density at radius 2 is 2.17 bits per heavy atom. The van der Waals surface area contributed by atoms with Crippen molar-refractivity contribution in [3.63, 3.8) is 0 Å². The highest BCUT2D eigenvalue weighted by molar-refractivity contribution is 7.99. The molecule has 0 spiro atoms. The van der Waals surface area contributed by atoms with Crippen LogP contribution in [0.2, 0.25) is 0 Å². The van der Waals surface area contributed by atoms with E-state index in [0.29, 0.717) is 22.8 Å². The molecule has 2 aliphatic rings. The van der Waals surface area contributed by atoms with Crippen molar-refractivity contribution in [1.29, 1.82) is 0 Å². The predicted octanol–water partition coefficient (Wildman–Crippen LogP) is 2.09. The molecule has 0 aromatic carbocycles. The highest BCUT2D eigenvalue weighted by atomic mass is 32.2. The minimum atomic E-state index is -0.750. The maximum atomic E-state index is 11.2. The van der Waals surface area contributed by atoms with E-state index in [4.69, 9.17) is 9.84 Å². The minimum Gasteiger partial charge on any atom is -0.481 e. The van der Waals surface area contributed by atoms with E-state index in [1.54, 1.807) is 11.8 Å². The van der Waals surface area contributed by atoms with Crippen LogP contribution in [0.1, 0.15) is 25.7 Å². The van der Waals surface area contributed by atoms with Gasteiger partial charge in [0.15, 0.2) is 0 Å². The van der Waals surface area contributed by atoms with E-state index >= 15 is 0 Å². The Kier molecular flexibility index (Phi) is 4.32. The smallest absolute Gasteiger partial charge is 0.330 e. The van der Waals surface area contributed by atoms with Gasteiger partial charge in [-0.2, -0.15) is 11.8 Å². The zero-order chi connectivity index (χ0) is 13.1. The number of rotatable bonds is 6. The van der Waals surface area contributed by atoms with Crippen molar-refractivity contribution >= 4 is 23.7 Å². The highest BCUT2D eigenvalue weighted by Crippen LogP contribution is 2.50. The highest BCUT2D eigenvalue weighted by Gasteiger charge is 2.47. The molecule has 0 aromatic rings. The minimum absolute atomic E-state index is 0.0107. The van der Waals surface area contributed by atoms with Gasteiger partial charge in [0.1, 0.15) is 6.10 Å². The fraction of sp³-hybridized carbons (Fsp3) is 0.692. The molecule has 2 rings (SSSR count). The van der Waals surface area contributed by atoms with E-state index in [9.17, 15) is 9.59 Å². The molecular formula is C13H18O4S. The summed E-state index contributed by atoms with van der Waals surface area (Å²) in [4.78, 5) is 21.7. The van der Waals surface area contributed by atoms with Gasteiger partial charge >= 0.3 is 11.9 Å². The Hall–Kier alpha value is -0.970. The topological polar surface area (TPSA) is 63.6 Å². The van der Waals surface area contributed by atoms with Crippen molar-refractivity contribution < 1.29 is 19.4 Å². The zero-order valence-corrected chi connectivity index (χ0v) is 11.0. The van der Waals surface area contributed by atoms with Gasteiger partial charge in [-0.05, 0) is 25.2 Å². The van der Waals surface area contributed by atoms with Gasteiger partial charge in [-0.25, -0.2) is 4.79 Å². The molecule has 4 nitrogen and oxygen atoms in total. The van der Waals surface area contributed by atoms with Gasteiger partial charge in [-0.15, -0.1) is 0 Å². The van der Waals surface area contributed by atoms with Crippen molar-refractivity contribution in [2.24, 2.45) is 11.8 Å². The molecule has 0 aliphatic heterocycles. The first-order valence-corrected chi connectivity index (χ1v) is 7.31. The van der Waals surface area contributed by atoms with E-state index in [1.165, 1.54) is 6.08 Å². The van der Waals surface area contributed by atoms with Crippen molar-refractivity contribution in [2.45, 2.75) is 37.0 Å². The molecule has 2 fully saturated rings. The van der Waals surface area contributed by atoms with Gasteiger partial charge in [-0.1, -0.05) is 6.58 Å². The Labute approximate surface area is 111 Å². The van der Waals surface area contributed by atoms with E-state index in [-0.39, 0.29) is 18.5 Å². The molecule has 2 aliphatic carbocycles. The molecule has 2 saturated carbocycles. The molecule has 1 N–H and O–H groups in total. The van der Waals surface area contributed by atoms with E-state index in [2.05, 4.69) is 6.58 Å². The SMILES string of the molecule is C=CC(=O)OC1CC2CC(SCCC(=O)O)C1C2. The quantitative estimate of drug-likeness (QED) is 0.591. The van der Waals surface area contributed by atoms with Gasteiger partial charge in [-0.3, -0.25) is 4.79 Å². The molecule has 0 radical (unpaired) electrons. The second kappa shape index (κ2) is 5.78. The summed E-state index contributed by atoms with van der Waals surface area (Å²) >= 11 is 1.72. The van der Waals surface area contributed by atoms with Crippen molar-refractivity contribution in [1.82, 2.24) is 0 Å². The number of hydrogen-bond acceptors (Lipinski definition) is 4. The molecule has 4 unspecified atom stereocenters. The molecule has 2 bridgehead atoms. The largest absolute Gasteiger partial charge is 0.481 e. The molecular weight excluding hydrogens is 252 g/mol. The third-order valence-electron chi connectivity index (χ3n) is 3.77. The van der Waals surface area contributed by atoms with Crippen LogP contribution in [0.5, 0.6) is 0 Å². The Morgan fingerprint density at radius 1 is 1.39 bits per heavy atom. The van der Waals surface area contributed by atoms with Crippen LogP contribution in [-0.4, -0.2) is 34.2 Å². The molecule has 0 aromatic heterocycles. The molecule has 0 amide bonds. The lowest BCUT2D eigenvalue weighted by atomic mass is 9.97. The molecule has 0 heterocycles. The lowest BCUT2D eigenvalue weighted by molar-refractivity contribution is -0.145.